The number of nitrogens with one attached hydrogen (secondary N) is 1. The fourth-order valence-electron chi connectivity index (χ4n) is 2.09. The third kappa shape index (κ3) is 2.72. The summed E-state index contributed by atoms with van der Waals surface area (Å²) < 4.78 is 0. The van der Waals surface area contributed by atoms with E-state index in [2.05, 4.69) is 10.3 Å². The summed E-state index contributed by atoms with van der Waals surface area (Å²) in [5, 5.41) is 14.0. The second-order valence-corrected chi connectivity index (χ2v) is 4.59. The lowest BCUT2D eigenvalue weighted by Crippen LogP contribution is -2.16. The summed E-state index contributed by atoms with van der Waals surface area (Å²) in [4.78, 5) is 14.6. The molecule has 1 saturated carbocycles. The van der Waals surface area contributed by atoms with Gasteiger partial charge in [0.05, 0.1) is 4.92 Å². The molecule has 1 fully saturated rings. The second-order valence-electron chi connectivity index (χ2n) is 4.59. The van der Waals surface area contributed by atoms with Crippen LogP contribution in [0.1, 0.15) is 31.2 Å². The fourth-order valence-corrected chi connectivity index (χ4v) is 2.09. The normalized spacial score (nSPS) is 15.4. The van der Waals surface area contributed by atoms with Gasteiger partial charge >= 0.3 is 5.69 Å². The SMILES string of the molecule is Cc1ccnc(NCCC2CCC2)c1[N+](=O)[O-]. The summed E-state index contributed by atoms with van der Waals surface area (Å²) in [6, 6.07) is 1.66. The molecule has 0 radical (unpaired) electrons. The van der Waals surface area contributed by atoms with Crippen molar-refractivity contribution in [3.63, 3.8) is 0 Å². The number of hydrogen-bond donors (Lipinski definition) is 1. The molecule has 92 valence electrons. The molecule has 0 amide bonds. The molecule has 2 rings (SSSR count). The van der Waals surface area contributed by atoms with Gasteiger partial charge in [0, 0.05) is 18.3 Å². The van der Waals surface area contributed by atoms with Crippen LogP contribution in [0.2, 0.25) is 0 Å². The Morgan fingerprint density at radius 1 is 1.59 bits per heavy atom. The maximum absolute atomic E-state index is 10.9. The number of pyridine rings is 1. The monoisotopic (exact) mass is 235 g/mol. The summed E-state index contributed by atoms with van der Waals surface area (Å²) in [5.41, 5.74) is 0.747. The number of aryl methyl sites for hydroxylation is 1. The molecule has 0 aromatic carbocycles. The molecule has 1 N–H and O–H groups in total. The molecule has 0 saturated heterocycles. The predicted octanol–water partition coefficient (Wildman–Crippen LogP) is 2.90. The standard InChI is InChI=1S/C12H17N3O2/c1-9-5-7-13-12(11(9)15(16)17)14-8-6-10-3-2-4-10/h5,7,10H,2-4,6,8H2,1H3,(H,13,14). The van der Waals surface area contributed by atoms with Gasteiger partial charge in [0.25, 0.3) is 0 Å². The third-order valence-electron chi connectivity index (χ3n) is 3.38. The quantitative estimate of drug-likeness (QED) is 0.629. The molecule has 17 heavy (non-hydrogen) atoms. The molecule has 1 aliphatic rings. The van der Waals surface area contributed by atoms with Gasteiger partial charge in [0.1, 0.15) is 0 Å². The Morgan fingerprint density at radius 2 is 2.35 bits per heavy atom. The summed E-state index contributed by atoms with van der Waals surface area (Å²) in [6.07, 6.45) is 6.60. The van der Waals surface area contributed by atoms with E-state index in [-0.39, 0.29) is 10.6 Å². The largest absolute Gasteiger partial charge is 0.364 e. The molecule has 1 aromatic rings. The van der Waals surface area contributed by atoms with Gasteiger partial charge in [-0.05, 0) is 25.3 Å². The molecular weight excluding hydrogens is 218 g/mol. The minimum atomic E-state index is -0.367. The van der Waals surface area contributed by atoms with Crippen LogP contribution in [0.3, 0.4) is 0 Å². The first-order valence-corrected chi connectivity index (χ1v) is 6.02. The van der Waals surface area contributed by atoms with Crippen molar-refractivity contribution in [3.8, 4) is 0 Å². The van der Waals surface area contributed by atoms with E-state index < -0.39 is 0 Å². The highest BCUT2D eigenvalue weighted by Crippen LogP contribution is 2.30. The van der Waals surface area contributed by atoms with Gasteiger partial charge < -0.3 is 5.32 Å². The van der Waals surface area contributed by atoms with Crippen molar-refractivity contribution in [2.45, 2.75) is 32.6 Å². The summed E-state index contributed by atoms with van der Waals surface area (Å²) >= 11 is 0. The molecule has 0 atom stereocenters. The van der Waals surface area contributed by atoms with E-state index in [1.807, 2.05) is 0 Å². The van der Waals surface area contributed by atoms with Crippen LogP contribution < -0.4 is 5.32 Å². The maximum atomic E-state index is 10.9. The van der Waals surface area contributed by atoms with E-state index in [0.717, 1.165) is 18.9 Å². The smallest absolute Gasteiger partial charge is 0.314 e. The van der Waals surface area contributed by atoms with Crippen LogP contribution >= 0.6 is 0 Å². The number of aromatic nitrogens is 1. The van der Waals surface area contributed by atoms with Gasteiger partial charge in [0.2, 0.25) is 5.82 Å². The van der Waals surface area contributed by atoms with Crippen LogP contribution in [0, 0.1) is 23.0 Å². The van der Waals surface area contributed by atoms with E-state index in [1.54, 1.807) is 19.2 Å². The molecule has 5 heteroatoms. The molecule has 1 aromatic heterocycles. The Bertz CT molecular complexity index is 416. The Kier molecular flexibility index (Phi) is 3.56. The molecule has 0 aliphatic heterocycles. The van der Waals surface area contributed by atoms with Gasteiger partial charge in [-0.1, -0.05) is 19.3 Å². The van der Waals surface area contributed by atoms with Crippen LogP contribution in [0.15, 0.2) is 12.3 Å². The Hall–Kier alpha value is -1.65. The lowest BCUT2D eigenvalue weighted by Gasteiger charge is -2.25. The lowest BCUT2D eigenvalue weighted by molar-refractivity contribution is -0.384. The van der Waals surface area contributed by atoms with Crippen LogP contribution in [0.4, 0.5) is 11.5 Å². The number of nitrogens with zero attached hydrogens (tertiary/aromatic N) is 2. The van der Waals surface area contributed by atoms with Crippen LogP contribution in [-0.2, 0) is 0 Å². The fraction of sp³-hybridized carbons (Fsp3) is 0.583. The number of rotatable bonds is 5. The lowest BCUT2D eigenvalue weighted by atomic mass is 9.83. The molecule has 0 unspecified atom stereocenters. The Labute approximate surface area is 100 Å². The van der Waals surface area contributed by atoms with E-state index >= 15 is 0 Å². The Balaban J connectivity index is 1.98. The molecular formula is C12H17N3O2. The zero-order chi connectivity index (χ0) is 12.3. The highest BCUT2D eigenvalue weighted by Gasteiger charge is 2.20. The minimum absolute atomic E-state index is 0.0982. The first-order valence-electron chi connectivity index (χ1n) is 6.02. The van der Waals surface area contributed by atoms with Crippen molar-refractivity contribution in [3.05, 3.63) is 27.9 Å². The first-order chi connectivity index (χ1) is 8.18. The van der Waals surface area contributed by atoms with Crippen molar-refractivity contribution >= 4 is 11.5 Å². The van der Waals surface area contributed by atoms with Gasteiger partial charge in [0.15, 0.2) is 0 Å². The van der Waals surface area contributed by atoms with Crippen molar-refractivity contribution in [1.82, 2.24) is 4.98 Å². The van der Waals surface area contributed by atoms with Crippen LogP contribution in [0.25, 0.3) is 0 Å². The third-order valence-corrected chi connectivity index (χ3v) is 3.38. The van der Waals surface area contributed by atoms with Gasteiger partial charge in [-0.2, -0.15) is 0 Å². The van der Waals surface area contributed by atoms with Crippen LogP contribution in [-0.4, -0.2) is 16.5 Å². The van der Waals surface area contributed by atoms with Gasteiger partial charge in [-0.15, -0.1) is 0 Å². The summed E-state index contributed by atoms with van der Waals surface area (Å²) in [6.45, 7) is 2.50. The van der Waals surface area contributed by atoms with E-state index in [1.165, 1.54) is 19.3 Å². The first kappa shape index (κ1) is 11.8. The minimum Gasteiger partial charge on any atom is -0.364 e. The zero-order valence-corrected chi connectivity index (χ0v) is 9.98. The van der Waals surface area contributed by atoms with Crippen molar-refractivity contribution in [2.24, 2.45) is 5.92 Å². The molecule has 1 aliphatic carbocycles. The predicted molar refractivity (Wildman–Crippen MR) is 66.1 cm³/mol. The maximum Gasteiger partial charge on any atom is 0.314 e. The molecule has 1 heterocycles. The van der Waals surface area contributed by atoms with E-state index in [0.29, 0.717) is 11.4 Å². The van der Waals surface area contributed by atoms with E-state index in [4.69, 9.17) is 0 Å². The van der Waals surface area contributed by atoms with Crippen LogP contribution in [0.5, 0.6) is 0 Å². The summed E-state index contributed by atoms with van der Waals surface area (Å²) in [5.74, 6) is 1.20. The summed E-state index contributed by atoms with van der Waals surface area (Å²) in [7, 11) is 0. The van der Waals surface area contributed by atoms with E-state index in [9.17, 15) is 10.1 Å². The van der Waals surface area contributed by atoms with Gasteiger partial charge in [-0.3, -0.25) is 10.1 Å². The molecule has 5 nitrogen and oxygen atoms in total. The number of hydrogen-bond acceptors (Lipinski definition) is 4. The molecule has 0 spiro atoms. The van der Waals surface area contributed by atoms with Crippen molar-refractivity contribution < 1.29 is 4.92 Å². The molecule has 0 bridgehead atoms. The zero-order valence-electron chi connectivity index (χ0n) is 9.98. The number of nitro groups is 1. The topological polar surface area (TPSA) is 68.1 Å². The van der Waals surface area contributed by atoms with Crippen molar-refractivity contribution in [2.75, 3.05) is 11.9 Å². The Morgan fingerprint density at radius 3 is 2.94 bits per heavy atom. The average molecular weight is 235 g/mol. The highest BCUT2D eigenvalue weighted by molar-refractivity contribution is 5.59. The highest BCUT2D eigenvalue weighted by atomic mass is 16.6. The van der Waals surface area contributed by atoms with Crippen molar-refractivity contribution in [1.29, 1.82) is 0 Å². The van der Waals surface area contributed by atoms with Gasteiger partial charge in [-0.25, -0.2) is 4.98 Å². The average Bonchev–Trinajstić information content (AvgIpc) is 2.21. The number of anilines is 1. The second kappa shape index (κ2) is 5.12.